The number of carbonyl (C=O) groups is 3. The average molecular weight is 220 g/mol. The first-order valence-electron chi connectivity index (χ1n) is 4.53. The zero-order chi connectivity index (χ0) is 11.7. The zero-order valence-corrected chi connectivity index (χ0v) is 8.47. The van der Waals surface area contributed by atoms with Crippen LogP contribution in [0.4, 0.5) is 0 Å². The summed E-state index contributed by atoms with van der Waals surface area (Å²) in [6, 6.07) is 3.06. The number of methoxy groups -OCH3 is 1. The molecule has 0 aromatic carbocycles. The number of pyridine rings is 1. The maximum absolute atomic E-state index is 11.7. The number of aromatic nitrogens is 1. The molecule has 2 rings (SSSR count). The molecule has 0 fully saturated rings. The lowest BCUT2D eigenvalue weighted by Gasteiger charge is -2.10. The molecule has 0 unspecified atom stereocenters. The third-order valence-electron chi connectivity index (χ3n) is 2.25. The molecule has 2 amide bonds. The van der Waals surface area contributed by atoms with Crippen LogP contribution in [-0.2, 0) is 9.53 Å². The number of imide groups is 1. The number of fused-ring (bicyclic) bond motifs is 1. The van der Waals surface area contributed by atoms with E-state index in [1.54, 1.807) is 6.07 Å². The summed E-state index contributed by atoms with van der Waals surface area (Å²) >= 11 is 0. The predicted molar refractivity (Wildman–Crippen MR) is 51.6 cm³/mol. The topological polar surface area (TPSA) is 76.6 Å². The highest BCUT2D eigenvalue weighted by atomic mass is 16.5. The summed E-state index contributed by atoms with van der Waals surface area (Å²) in [6.45, 7) is -0.384. The Balaban J connectivity index is 2.32. The summed E-state index contributed by atoms with van der Waals surface area (Å²) in [5, 5.41) is 0. The van der Waals surface area contributed by atoms with Gasteiger partial charge in [-0.05, 0) is 12.1 Å². The van der Waals surface area contributed by atoms with Gasteiger partial charge in [0.1, 0.15) is 12.2 Å². The minimum absolute atomic E-state index is 0.0800. The van der Waals surface area contributed by atoms with Gasteiger partial charge < -0.3 is 4.74 Å². The molecule has 1 aliphatic heterocycles. The van der Waals surface area contributed by atoms with E-state index < -0.39 is 17.8 Å². The molecule has 1 aromatic rings. The van der Waals surface area contributed by atoms with E-state index >= 15 is 0 Å². The number of nitrogens with zero attached hydrogens (tertiary/aromatic N) is 2. The molecule has 6 heteroatoms. The van der Waals surface area contributed by atoms with Crippen molar-refractivity contribution in [3.63, 3.8) is 0 Å². The van der Waals surface area contributed by atoms with Crippen molar-refractivity contribution in [1.29, 1.82) is 0 Å². The maximum atomic E-state index is 11.7. The number of hydrogen-bond acceptors (Lipinski definition) is 5. The van der Waals surface area contributed by atoms with Crippen LogP contribution >= 0.6 is 0 Å². The van der Waals surface area contributed by atoms with E-state index in [2.05, 4.69) is 9.72 Å². The van der Waals surface area contributed by atoms with Crippen molar-refractivity contribution in [1.82, 2.24) is 9.88 Å². The van der Waals surface area contributed by atoms with Gasteiger partial charge in [-0.3, -0.25) is 24.3 Å². The monoisotopic (exact) mass is 220 g/mol. The molecule has 82 valence electrons. The molecule has 0 bridgehead atoms. The van der Waals surface area contributed by atoms with E-state index in [9.17, 15) is 14.4 Å². The molecule has 0 saturated carbocycles. The number of ether oxygens (including phenoxy) is 1. The highest BCUT2D eigenvalue weighted by Gasteiger charge is 2.37. The predicted octanol–water partition coefficient (Wildman–Crippen LogP) is -0.149. The van der Waals surface area contributed by atoms with Crippen LogP contribution in [0.3, 0.4) is 0 Å². The Kier molecular flexibility index (Phi) is 2.40. The molecule has 0 aliphatic carbocycles. The number of esters is 1. The average Bonchev–Trinajstić information content (AvgIpc) is 2.55. The van der Waals surface area contributed by atoms with Gasteiger partial charge in [0.15, 0.2) is 0 Å². The van der Waals surface area contributed by atoms with Gasteiger partial charge in [-0.15, -0.1) is 0 Å². The summed E-state index contributed by atoms with van der Waals surface area (Å²) in [6.07, 6.45) is 1.42. The second kappa shape index (κ2) is 3.73. The summed E-state index contributed by atoms with van der Waals surface area (Å²) in [7, 11) is 1.19. The molecule has 1 aromatic heterocycles. The first-order chi connectivity index (χ1) is 7.65. The third-order valence-corrected chi connectivity index (χ3v) is 2.25. The van der Waals surface area contributed by atoms with Gasteiger partial charge in [0, 0.05) is 6.20 Å². The lowest BCUT2D eigenvalue weighted by Crippen LogP contribution is -2.35. The molecule has 0 radical (unpaired) electrons. The summed E-state index contributed by atoms with van der Waals surface area (Å²) < 4.78 is 4.40. The molecule has 16 heavy (non-hydrogen) atoms. The fourth-order valence-corrected chi connectivity index (χ4v) is 1.45. The van der Waals surface area contributed by atoms with Crippen LogP contribution in [0.2, 0.25) is 0 Å². The lowest BCUT2D eigenvalue weighted by atomic mass is 10.2. The Morgan fingerprint density at radius 3 is 2.81 bits per heavy atom. The maximum Gasteiger partial charge on any atom is 0.325 e. The Morgan fingerprint density at radius 1 is 1.44 bits per heavy atom. The van der Waals surface area contributed by atoms with Gasteiger partial charge in [-0.1, -0.05) is 0 Å². The van der Waals surface area contributed by atoms with Gasteiger partial charge in [-0.25, -0.2) is 0 Å². The van der Waals surface area contributed by atoms with Crippen LogP contribution in [0.25, 0.3) is 0 Å². The number of amides is 2. The van der Waals surface area contributed by atoms with Crippen LogP contribution in [0, 0.1) is 0 Å². The Morgan fingerprint density at radius 2 is 2.19 bits per heavy atom. The van der Waals surface area contributed by atoms with Gasteiger partial charge in [-0.2, -0.15) is 0 Å². The van der Waals surface area contributed by atoms with E-state index in [4.69, 9.17) is 0 Å². The van der Waals surface area contributed by atoms with Gasteiger partial charge in [0.05, 0.1) is 12.7 Å². The largest absolute Gasteiger partial charge is 0.468 e. The first-order valence-corrected chi connectivity index (χ1v) is 4.53. The highest BCUT2D eigenvalue weighted by molar-refractivity contribution is 6.21. The molecule has 0 atom stereocenters. The molecule has 6 nitrogen and oxygen atoms in total. The van der Waals surface area contributed by atoms with E-state index in [0.29, 0.717) is 0 Å². The number of carbonyl (C=O) groups excluding carboxylic acids is 3. The van der Waals surface area contributed by atoms with E-state index in [1.165, 1.54) is 19.4 Å². The van der Waals surface area contributed by atoms with Crippen LogP contribution in [0.15, 0.2) is 18.3 Å². The van der Waals surface area contributed by atoms with Crippen molar-refractivity contribution < 1.29 is 19.1 Å². The van der Waals surface area contributed by atoms with Gasteiger partial charge >= 0.3 is 5.97 Å². The van der Waals surface area contributed by atoms with Gasteiger partial charge in [0.25, 0.3) is 11.8 Å². The standard InChI is InChI=1S/C10H8N2O4/c1-16-7(13)5-12-9(14)6-3-2-4-11-8(6)10(12)15/h2-4H,5H2,1H3. The van der Waals surface area contributed by atoms with Crippen molar-refractivity contribution in [2.24, 2.45) is 0 Å². The fraction of sp³-hybridized carbons (Fsp3) is 0.200. The van der Waals surface area contributed by atoms with Gasteiger partial charge in [0.2, 0.25) is 0 Å². The van der Waals surface area contributed by atoms with Crippen molar-refractivity contribution in [3.8, 4) is 0 Å². The normalized spacial score (nSPS) is 13.9. The quantitative estimate of drug-likeness (QED) is 0.511. The Bertz CT molecular complexity index is 448. The van der Waals surface area contributed by atoms with Crippen LogP contribution in [0.1, 0.15) is 20.8 Å². The highest BCUT2D eigenvalue weighted by Crippen LogP contribution is 2.19. The summed E-state index contributed by atoms with van der Waals surface area (Å²) in [5.41, 5.74) is 0.299. The number of hydrogen-bond donors (Lipinski definition) is 0. The van der Waals surface area contributed by atoms with Crippen LogP contribution in [-0.4, -0.2) is 41.3 Å². The van der Waals surface area contributed by atoms with Crippen molar-refractivity contribution >= 4 is 17.8 Å². The van der Waals surface area contributed by atoms with Crippen LogP contribution < -0.4 is 0 Å². The fourth-order valence-electron chi connectivity index (χ4n) is 1.45. The van der Waals surface area contributed by atoms with Crippen LogP contribution in [0.5, 0.6) is 0 Å². The smallest absolute Gasteiger partial charge is 0.325 e. The van der Waals surface area contributed by atoms with Crippen molar-refractivity contribution in [2.45, 2.75) is 0 Å². The van der Waals surface area contributed by atoms with E-state index in [0.717, 1.165) is 4.90 Å². The zero-order valence-electron chi connectivity index (χ0n) is 8.47. The SMILES string of the molecule is COC(=O)CN1C(=O)c2cccnc2C1=O. The minimum atomic E-state index is -0.644. The third kappa shape index (κ3) is 1.44. The second-order valence-electron chi connectivity index (χ2n) is 3.17. The Hall–Kier alpha value is -2.24. The lowest BCUT2D eigenvalue weighted by molar-refractivity contribution is -0.140. The molecule has 0 N–H and O–H groups in total. The molecular weight excluding hydrogens is 212 g/mol. The molecule has 0 saturated heterocycles. The first kappa shape index (κ1) is 10.3. The van der Waals surface area contributed by atoms with E-state index in [1.807, 2.05) is 0 Å². The second-order valence-corrected chi connectivity index (χ2v) is 3.17. The van der Waals surface area contributed by atoms with E-state index in [-0.39, 0.29) is 17.8 Å². The summed E-state index contributed by atoms with van der Waals surface area (Å²) in [5.74, 6) is -1.72. The molecule has 2 heterocycles. The molecular formula is C10H8N2O4. The van der Waals surface area contributed by atoms with Crippen molar-refractivity contribution in [3.05, 3.63) is 29.6 Å². The minimum Gasteiger partial charge on any atom is -0.468 e. The summed E-state index contributed by atoms with van der Waals surface area (Å²) in [4.78, 5) is 39.1. The molecule has 0 spiro atoms. The molecule has 1 aliphatic rings. The Labute approximate surface area is 90.8 Å². The van der Waals surface area contributed by atoms with Crippen molar-refractivity contribution in [2.75, 3.05) is 13.7 Å². The number of rotatable bonds is 2.